The van der Waals surface area contributed by atoms with Crippen LogP contribution in [0.15, 0.2) is 6.07 Å². The van der Waals surface area contributed by atoms with E-state index >= 15 is 0 Å². The molecule has 0 bridgehead atoms. The summed E-state index contributed by atoms with van der Waals surface area (Å²) in [6.07, 6.45) is 2.70. The van der Waals surface area contributed by atoms with Gasteiger partial charge in [-0.3, -0.25) is 4.90 Å². The zero-order valence-corrected chi connectivity index (χ0v) is 12.1. The maximum Gasteiger partial charge on any atom is 0.0244 e. The minimum atomic E-state index is 0.890. The molecule has 96 valence electrons. The van der Waals surface area contributed by atoms with Gasteiger partial charge in [0.2, 0.25) is 0 Å². The van der Waals surface area contributed by atoms with E-state index in [4.69, 9.17) is 0 Å². The second kappa shape index (κ2) is 5.98. The van der Waals surface area contributed by atoms with Gasteiger partial charge in [0.15, 0.2) is 0 Å². The molecule has 1 aliphatic heterocycles. The van der Waals surface area contributed by atoms with Crippen molar-refractivity contribution in [1.82, 2.24) is 10.2 Å². The summed E-state index contributed by atoms with van der Waals surface area (Å²) in [5, 5.41) is 3.30. The molecule has 0 amide bonds. The topological polar surface area (TPSA) is 15.3 Å². The summed E-state index contributed by atoms with van der Waals surface area (Å²) < 4.78 is 0. The van der Waals surface area contributed by atoms with Crippen LogP contribution >= 0.6 is 11.3 Å². The molecule has 0 unspecified atom stereocenters. The Morgan fingerprint density at radius 3 is 2.59 bits per heavy atom. The van der Waals surface area contributed by atoms with Crippen LogP contribution in [0.5, 0.6) is 0 Å². The van der Waals surface area contributed by atoms with Crippen LogP contribution in [-0.2, 0) is 6.54 Å². The van der Waals surface area contributed by atoms with Crippen LogP contribution < -0.4 is 5.32 Å². The summed E-state index contributed by atoms with van der Waals surface area (Å²) in [7, 11) is 2.06. The fourth-order valence-corrected chi connectivity index (χ4v) is 3.66. The van der Waals surface area contributed by atoms with Crippen molar-refractivity contribution in [1.29, 1.82) is 0 Å². The minimum absolute atomic E-state index is 0.890. The highest BCUT2D eigenvalue weighted by molar-refractivity contribution is 7.12. The van der Waals surface area contributed by atoms with E-state index in [2.05, 4.69) is 37.2 Å². The van der Waals surface area contributed by atoms with Crippen molar-refractivity contribution in [2.75, 3.05) is 26.7 Å². The number of thiophene rings is 1. The van der Waals surface area contributed by atoms with E-state index in [1.165, 1.54) is 42.2 Å². The van der Waals surface area contributed by atoms with Gasteiger partial charge in [0, 0.05) is 16.3 Å². The quantitative estimate of drug-likeness (QED) is 0.886. The third-order valence-electron chi connectivity index (χ3n) is 3.74. The third-order valence-corrected chi connectivity index (χ3v) is 4.75. The van der Waals surface area contributed by atoms with Gasteiger partial charge in [-0.05, 0) is 70.9 Å². The Kier molecular flexibility index (Phi) is 4.60. The Balaban J connectivity index is 1.84. The summed E-state index contributed by atoms with van der Waals surface area (Å²) in [5.41, 5.74) is 1.54. The number of likely N-dealkylation sites (tertiary alicyclic amines) is 1. The highest BCUT2D eigenvalue weighted by atomic mass is 32.1. The van der Waals surface area contributed by atoms with Crippen molar-refractivity contribution in [3.05, 3.63) is 21.4 Å². The predicted octanol–water partition coefficient (Wildman–Crippen LogP) is 2.80. The largest absolute Gasteiger partial charge is 0.319 e. The molecule has 1 aromatic heterocycles. The van der Waals surface area contributed by atoms with Gasteiger partial charge in [0.05, 0.1) is 0 Å². The molecule has 2 nitrogen and oxygen atoms in total. The van der Waals surface area contributed by atoms with Crippen molar-refractivity contribution < 1.29 is 0 Å². The maximum atomic E-state index is 3.30. The van der Waals surface area contributed by atoms with Gasteiger partial charge in [-0.25, -0.2) is 0 Å². The molecule has 2 rings (SSSR count). The van der Waals surface area contributed by atoms with Gasteiger partial charge in [0.25, 0.3) is 0 Å². The van der Waals surface area contributed by atoms with E-state index in [0.29, 0.717) is 0 Å². The molecule has 1 fully saturated rings. The summed E-state index contributed by atoms with van der Waals surface area (Å²) in [4.78, 5) is 5.56. The van der Waals surface area contributed by atoms with Crippen molar-refractivity contribution in [3.63, 3.8) is 0 Å². The fourth-order valence-electron chi connectivity index (χ4n) is 2.72. The number of nitrogens with zero attached hydrogens (tertiary/aromatic N) is 1. The van der Waals surface area contributed by atoms with Gasteiger partial charge in [0.1, 0.15) is 0 Å². The lowest BCUT2D eigenvalue weighted by Gasteiger charge is -2.31. The van der Waals surface area contributed by atoms with Crippen LogP contribution in [0, 0.1) is 19.8 Å². The van der Waals surface area contributed by atoms with Crippen LogP contribution in [-0.4, -0.2) is 31.6 Å². The van der Waals surface area contributed by atoms with Gasteiger partial charge in [-0.1, -0.05) is 0 Å². The average Bonchev–Trinajstić information content (AvgIpc) is 2.61. The fraction of sp³-hybridized carbons (Fsp3) is 0.714. The van der Waals surface area contributed by atoms with Crippen molar-refractivity contribution >= 4 is 11.3 Å². The van der Waals surface area contributed by atoms with Crippen LogP contribution in [0.1, 0.15) is 28.2 Å². The van der Waals surface area contributed by atoms with E-state index < -0.39 is 0 Å². The van der Waals surface area contributed by atoms with Crippen LogP contribution in [0.25, 0.3) is 0 Å². The average molecular weight is 252 g/mol. The van der Waals surface area contributed by atoms with E-state index in [-0.39, 0.29) is 0 Å². The van der Waals surface area contributed by atoms with Gasteiger partial charge < -0.3 is 5.32 Å². The number of aryl methyl sites for hydroxylation is 2. The highest BCUT2D eigenvalue weighted by Crippen LogP contribution is 2.24. The number of hydrogen-bond donors (Lipinski definition) is 1. The van der Waals surface area contributed by atoms with Gasteiger partial charge in [-0.15, -0.1) is 11.3 Å². The molecule has 0 atom stereocenters. The normalized spacial score (nSPS) is 18.8. The molecule has 1 aliphatic rings. The van der Waals surface area contributed by atoms with Crippen molar-refractivity contribution in [2.45, 2.75) is 33.2 Å². The zero-order chi connectivity index (χ0) is 12.3. The first-order valence-electron chi connectivity index (χ1n) is 6.62. The van der Waals surface area contributed by atoms with Gasteiger partial charge >= 0.3 is 0 Å². The molecular formula is C14H24N2S. The molecule has 0 aliphatic carbocycles. The Bertz CT molecular complexity index is 351. The number of piperidine rings is 1. The summed E-state index contributed by atoms with van der Waals surface area (Å²) in [5.74, 6) is 0.890. The molecule has 1 saturated heterocycles. The van der Waals surface area contributed by atoms with Crippen molar-refractivity contribution in [3.8, 4) is 0 Å². The lowest BCUT2D eigenvalue weighted by Crippen LogP contribution is -2.36. The molecule has 0 aromatic carbocycles. The molecule has 0 saturated carbocycles. The first kappa shape index (κ1) is 13.1. The highest BCUT2D eigenvalue weighted by Gasteiger charge is 2.19. The number of hydrogen-bond acceptors (Lipinski definition) is 3. The lowest BCUT2D eigenvalue weighted by molar-refractivity contribution is 0.176. The molecule has 3 heteroatoms. The SMILES string of the molecule is CNCC1CCN(Cc2cc(C)sc2C)CC1. The third kappa shape index (κ3) is 3.54. The molecule has 17 heavy (non-hydrogen) atoms. The molecule has 1 aromatic rings. The molecule has 1 N–H and O–H groups in total. The number of nitrogens with one attached hydrogen (secondary N) is 1. The van der Waals surface area contributed by atoms with E-state index in [9.17, 15) is 0 Å². The summed E-state index contributed by atoms with van der Waals surface area (Å²) >= 11 is 1.93. The maximum absolute atomic E-state index is 3.30. The second-order valence-corrected chi connectivity index (χ2v) is 6.68. The first-order chi connectivity index (χ1) is 8.19. The molecule has 0 spiro atoms. The van der Waals surface area contributed by atoms with E-state index in [1.54, 1.807) is 5.56 Å². The van der Waals surface area contributed by atoms with Crippen LogP contribution in [0.3, 0.4) is 0 Å². The van der Waals surface area contributed by atoms with E-state index in [1.807, 2.05) is 11.3 Å². The molecule has 2 heterocycles. The Labute approximate surface area is 109 Å². The summed E-state index contributed by atoms with van der Waals surface area (Å²) in [6.45, 7) is 9.33. The van der Waals surface area contributed by atoms with Crippen LogP contribution in [0.4, 0.5) is 0 Å². The Morgan fingerprint density at radius 1 is 1.35 bits per heavy atom. The van der Waals surface area contributed by atoms with E-state index in [0.717, 1.165) is 12.5 Å². The minimum Gasteiger partial charge on any atom is -0.319 e. The first-order valence-corrected chi connectivity index (χ1v) is 7.43. The summed E-state index contributed by atoms with van der Waals surface area (Å²) in [6, 6.07) is 2.36. The predicted molar refractivity (Wildman–Crippen MR) is 75.7 cm³/mol. The van der Waals surface area contributed by atoms with Gasteiger partial charge in [-0.2, -0.15) is 0 Å². The standard InChI is InChI=1S/C14H24N2S/c1-11-8-14(12(2)17-11)10-16-6-4-13(5-7-16)9-15-3/h8,13,15H,4-7,9-10H2,1-3H3. The monoisotopic (exact) mass is 252 g/mol. The van der Waals surface area contributed by atoms with Crippen molar-refractivity contribution in [2.24, 2.45) is 5.92 Å². The number of rotatable bonds is 4. The molecular weight excluding hydrogens is 228 g/mol. The molecule has 0 radical (unpaired) electrons. The Morgan fingerprint density at radius 2 is 2.06 bits per heavy atom. The van der Waals surface area contributed by atoms with Crippen LogP contribution in [0.2, 0.25) is 0 Å². The second-order valence-electron chi connectivity index (χ2n) is 5.22. The Hall–Kier alpha value is -0.380. The zero-order valence-electron chi connectivity index (χ0n) is 11.3. The lowest BCUT2D eigenvalue weighted by atomic mass is 9.96. The smallest absolute Gasteiger partial charge is 0.0244 e.